The van der Waals surface area contributed by atoms with E-state index in [0.717, 1.165) is 37.7 Å². The van der Waals surface area contributed by atoms with Crippen molar-refractivity contribution in [2.24, 2.45) is 5.92 Å². The van der Waals surface area contributed by atoms with E-state index < -0.39 is 6.10 Å². The number of aliphatic hydroxyl groups excluding tert-OH is 2. The minimum atomic E-state index is -0.476. The smallest absolute Gasteiger partial charge is 0.290 e. The molecule has 1 aliphatic rings. The molecule has 4 aromatic rings. The fraction of sp³-hybridized carbons (Fsp3) is 0.400. The van der Waals surface area contributed by atoms with Gasteiger partial charge in [0.15, 0.2) is 5.82 Å². The molecule has 11 nitrogen and oxygen atoms in total. The molecule has 6 N–H and O–H groups in total. The maximum atomic E-state index is 13.0. The van der Waals surface area contributed by atoms with Gasteiger partial charge in [-0.2, -0.15) is 10.2 Å². The van der Waals surface area contributed by atoms with Crippen LogP contribution in [0.5, 0.6) is 11.6 Å². The second kappa shape index (κ2) is 13.5. The first kappa shape index (κ1) is 28.5. The molecular formula is C30H37N7O4. The molecule has 3 aromatic heterocycles. The van der Waals surface area contributed by atoms with Crippen molar-refractivity contribution in [1.29, 1.82) is 0 Å². The van der Waals surface area contributed by atoms with Gasteiger partial charge in [-0.05, 0) is 74.8 Å². The van der Waals surface area contributed by atoms with Crippen LogP contribution in [-0.4, -0.2) is 61.0 Å². The lowest BCUT2D eigenvalue weighted by atomic mass is 9.83. The van der Waals surface area contributed by atoms with Gasteiger partial charge in [0.1, 0.15) is 17.0 Å². The highest BCUT2D eigenvalue weighted by molar-refractivity contribution is 5.99. The van der Waals surface area contributed by atoms with Crippen LogP contribution in [0, 0.1) is 5.92 Å². The van der Waals surface area contributed by atoms with Crippen molar-refractivity contribution in [3.8, 4) is 22.9 Å². The number of nitrogens with zero attached hydrogens (tertiary/aromatic N) is 4. The predicted octanol–water partition coefficient (Wildman–Crippen LogP) is 3.57. The third-order valence-corrected chi connectivity index (χ3v) is 7.59. The van der Waals surface area contributed by atoms with Gasteiger partial charge in [-0.25, -0.2) is 10.1 Å². The van der Waals surface area contributed by atoms with Crippen molar-refractivity contribution in [3.63, 3.8) is 0 Å². The van der Waals surface area contributed by atoms with Gasteiger partial charge >= 0.3 is 0 Å². The van der Waals surface area contributed by atoms with E-state index >= 15 is 0 Å². The molecule has 5 rings (SSSR count). The summed E-state index contributed by atoms with van der Waals surface area (Å²) in [5.74, 6) is 1.89. The fourth-order valence-corrected chi connectivity index (χ4v) is 5.46. The summed E-state index contributed by atoms with van der Waals surface area (Å²) in [5.41, 5.74) is 7.83. The van der Waals surface area contributed by atoms with Crippen LogP contribution >= 0.6 is 0 Å². The van der Waals surface area contributed by atoms with Crippen LogP contribution in [0.3, 0.4) is 0 Å². The average molecular weight is 560 g/mol. The number of nitrogen functional groups attached to an aromatic ring is 1. The molecule has 0 bridgehead atoms. The number of aromatic nitrogens is 5. The van der Waals surface area contributed by atoms with Gasteiger partial charge in [0.25, 0.3) is 5.56 Å². The summed E-state index contributed by atoms with van der Waals surface area (Å²) in [6.45, 7) is 1.27. The molecule has 0 amide bonds. The lowest BCUT2D eigenvalue weighted by molar-refractivity contribution is 0.182. The Labute approximate surface area is 238 Å². The zero-order chi connectivity index (χ0) is 28.6. The minimum Gasteiger partial charge on any atom is -0.439 e. The number of hydrogen-bond acceptors (Lipinski definition) is 9. The average Bonchev–Trinajstić information content (AvgIpc) is 3.41. The van der Waals surface area contributed by atoms with Crippen LogP contribution in [0.2, 0.25) is 0 Å². The first-order valence-corrected chi connectivity index (χ1v) is 14.2. The normalized spacial score (nSPS) is 18.2. The van der Waals surface area contributed by atoms with Crippen molar-refractivity contribution in [2.75, 3.05) is 25.4 Å². The van der Waals surface area contributed by atoms with Crippen LogP contribution in [0.25, 0.3) is 22.2 Å². The predicted molar refractivity (Wildman–Crippen MR) is 158 cm³/mol. The summed E-state index contributed by atoms with van der Waals surface area (Å²) in [6.07, 6.45) is 10.3. The minimum absolute atomic E-state index is 0.0691. The number of nitrogens with two attached hydrogens (primary N) is 1. The molecule has 0 radical (unpaired) electrons. The van der Waals surface area contributed by atoms with E-state index in [0.29, 0.717) is 53.7 Å². The molecule has 1 atom stereocenters. The van der Waals surface area contributed by atoms with Gasteiger partial charge in [0, 0.05) is 30.9 Å². The van der Waals surface area contributed by atoms with Crippen molar-refractivity contribution in [3.05, 3.63) is 71.2 Å². The second-order valence-electron chi connectivity index (χ2n) is 10.4. The van der Waals surface area contributed by atoms with Crippen molar-refractivity contribution >= 4 is 16.7 Å². The van der Waals surface area contributed by atoms with E-state index in [1.807, 2.05) is 53.2 Å². The van der Waals surface area contributed by atoms with Gasteiger partial charge < -0.3 is 26.0 Å². The van der Waals surface area contributed by atoms with Gasteiger partial charge in [0.05, 0.1) is 24.1 Å². The molecule has 1 aliphatic carbocycles. The maximum absolute atomic E-state index is 13.0. The van der Waals surface area contributed by atoms with E-state index in [1.54, 1.807) is 12.3 Å². The van der Waals surface area contributed by atoms with Gasteiger partial charge in [-0.15, -0.1) is 0 Å². The number of rotatable bonds is 12. The number of hydrogen-bond donors (Lipinski definition) is 5. The van der Waals surface area contributed by atoms with E-state index in [9.17, 15) is 9.90 Å². The SMILES string of the molecule is Nc1n[nH]c(=O)c2c1c(-c1ccc(Oc3ccccn3)cc1)nn2C1CCC(CCC(O)/C=C/CNCCO)CC1. The summed E-state index contributed by atoms with van der Waals surface area (Å²) >= 11 is 0. The lowest BCUT2D eigenvalue weighted by Gasteiger charge is -2.29. The molecule has 1 unspecified atom stereocenters. The summed E-state index contributed by atoms with van der Waals surface area (Å²) < 4.78 is 7.66. The molecule has 0 spiro atoms. The lowest BCUT2D eigenvalue weighted by Crippen LogP contribution is -2.23. The Morgan fingerprint density at radius 2 is 1.98 bits per heavy atom. The highest BCUT2D eigenvalue weighted by Gasteiger charge is 2.28. The number of aliphatic hydroxyl groups is 2. The zero-order valence-corrected chi connectivity index (χ0v) is 22.9. The number of H-pyrrole nitrogens is 1. The molecule has 3 heterocycles. The maximum Gasteiger partial charge on any atom is 0.290 e. The number of nitrogens with one attached hydrogen (secondary N) is 2. The third-order valence-electron chi connectivity index (χ3n) is 7.59. The molecule has 41 heavy (non-hydrogen) atoms. The van der Waals surface area contributed by atoms with Crippen molar-refractivity contribution < 1.29 is 14.9 Å². The summed E-state index contributed by atoms with van der Waals surface area (Å²) in [5, 5.41) is 34.2. The van der Waals surface area contributed by atoms with Crippen LogP contribution in [0.15, 0.2) is 65.6 Å². The van der Waals surface area contributed by atoms with E-state index in [-0.39, 0.29) is 24.0 Å². The fourth-order valence-electron chi connectivity index (χ4n) is 5.46. The zero-order valence-electron chi connectivity index (χ0n) is 22.9. The molecule has 1 saturated carbocycles. The number of aromatic amines is 1. The van der Waals surface area contributed by atoms with Gasteiger partial charge in [-0.3, -0.25) is 9.48 Å². The van der Waals surface area contributed by atoms with Crippen LogP contribution < -0.4 is 21.3 Å². The van der Waals surface area contributed by atoms with Gasteiger partial charge in [0.2, 0.25) is 5.88 Å². The van der Waals surface area contributed by atoms with Crippen molar-refractivity contribution in [2.45, 2.75) is 50.7 Å². The third kappa shape index (κ3) is 6.99. The van der Waals surface area contributed by atoms with E-state index in [2.05, 4.69) is 20.5 Å². The molecular weight excluding hydrogens is 522 g/mol. The van der Waals surface area contributed by atoms with E-state index in [1.165, 1.54) is 0 Å². The molecule has 0 aliphatic heterocycles. The topological polar surface area (TPSA) is 164 Å². The number of ether oxygens (including phenoxy) is 1. The Kier molecular flexibility index (Phi) is 9.40. The Morgan fingerprint density at radius 3 is 2.71 bits per heavy atom. The number of fused-ring (bicyclic) bond motifs is 1. The quantitative estimate of drug-likeness (QED) is 0.129. The second-order valence-corrected chi connectivity index (χ2v) is 10.4. The van der Waals surface area contributed by atoms with Crippen LogP contribution in [-0.2, 0) is 0 Å². The summed E-state index contributed by atoms with van der Waals surface area (Å²) in [6, 6.07) is 13.0. The van der Waals surface area contributed by atoms with Crippen molar-refractivity contribution in [1.82, 2.24) is 30.3 Å². The molecule has 1 fully saturated rings. The summed E-state index contributed by atoms with van der Waals surface area (Å²) in [7, 11) is 0. The molecule has 216 valence electrons. The van der Waals surface area contributed by atoms with Crippen LogP contribution in [0.4, 0.5) is 5.82 Å². The Hall–Kier alpha value is -4.06. The monoisotopic (exact) mass is 559 g/mol. The Balaban J connectivity index is 1.27. The van der Waals surface area contributed by atoms with Gasteiger partial charge in [-0.1, -0.05) is 18.2 Å². The summed E-state index contributed by atoms with van der Waals surface area (Å²) in [4.78, 5) is 17.2. The highest BCUT2D eigenvalue weighted by atomic mass is 16.5. The largest absolute Gasteiger partial charge is 0.439 e. The molecule has 0 saturated heterocycles. The standard InChI is InChI=1S/C30H37N7O4/c31-29-26-27(21-9-14-24(15-10-21)41-25-5-1-2-17-33-25)36-37(28(26)30(40)35-34-29)22-11-6-20(7-12-22)8-13-23(39)4-3-16-32-18-19-38/h1-5,9-10,14-15,17,20,22-23,32,38-39H,6-8,11-13,16,18-19H2,(H2,31,34)(H,35,40)/b4-3+. The number of anilines is 1. The van der Waals surface area contributed by atoms with E-state index in [4.69, 9.17) is 20.7 Å². The molecule has 11 heteroatoms. The Bertz CT molecular complexity index is 1490. The first-order valence-electron chi connectivity index (χ1n) is 14.2. The first-order chi connectivity index (χ1) is 20.0. The number of pyridine rings is 1. The Morgan fingerprint density at radius 1 is 1.17 bits per heavy atom. The van der Waals surface area contributed by atoms with Crippen LogP contribution in [0.1, 0.15) is 44.6 Å². The number of benzene rings is 1. The molecule has 1 aromatic carbocycles. The highest BCUT2D eigenvalue weighted by Crippen LogP contribution is 2.38.